The number of rotatable bonds is 1. The highest BCUT2D eigenvalue weighted by atomic mass is 35.5. The Morgan fingerprint density at radius 1 is 1.29 bits per heavy atom. The fourth-order valence-electron chi connectivity index (χ4n) is 3.33. The van der Waals surface area contributed by atoms with Crippen molar-refractivity contribution in [2.75, 3.05) is 17.2 Å². The van der Waals surface area contributed by atoms with Crippen molar-refractivity contribution >= 4 is 23.1 Å². The second-order valence-corrected chi connectivity index (χ2v) is 5.58. The quantitative estimate of drug-likeness (QED) is 0.834. The lowest BCUT2D eigenvalue weighted by Gasteiger charge is -2.32. The number of pyridine rings is 1. The molecule has 1 aliphatic heterocycles. The highest BCUT2D eigenvalue weighted by molar-refractivity contribution is 6.33. The third kappa shape index (κ3) is 1.97. The molecule has 0 amide bonds. The number of halogens is 1. The molecule has 2 unspecified atom stereocenters. The van der Waals surface area contributed by atoms with Crippen LogP contribution in [-0.4, -0.2) is 17.6 Å². The van der Waals surface area contributed by atoms with E-state index in [0.29, 0.717) is 16.8 Å². The number of fused-ring (bicyclic) bond motifs is 1. The lowest BCUT2D eigenvalue weighted by Crippen LogP contribution is -2.35. The second-order valence-electron chi connectivity index (χ2n) is 5.17. The molecule has 4 heteroatoms. The molecule has 2 heterocycles. The molecular weight excluding hydrogens is 234 g/mol. The Balaban J connectivity index is 1.88. The van der Waals surface area contributed by atoms with Crippen LogP contribution in [0.2, 0.25) is 5.02 Å². The van der Waals surface area contributed by atoms with Gasteiger partial charge in [-0.05, 0) is 31.2 Å². The van der Waals surface area contributed by atoms with E-state index >= 15 is 0 Å². The molecule has 92 valence electrons. The molecule has 17 heavy (non-hydrogen) atoms. The summed E-state index contributed by atoms with van der Waals surface area (Å²) in [7, 11) is 0. The number of nitrogens with zero attached hydrogens (tertiary/aromatic N) is 2. The van der Waals surface area contributed by atoms with E-state index in [1.807, 2.05) is 0 Å². The van der Waals surface area contributed by atoms with E-state index in [1.165, 1.54) is 32.1 Å². The summed E-state index contributed by atoms with van der Waals surface area (Å²) in [6.45, 7) is 1.09. The van der Waals surface area contributed by atoms with Crippen LogP contribution in [0.3, 0.4) is 0 Å². The lowest BCUT2D eigenvalue weighted by molar-refractivity contribution is 0.341. The zero-order chi connectivity index (χ0) is 11.8. The monoisotopic (exact) mass is 251 g/mol. The zero-order valence-electron chi connectivity index (χ0n) is 9.90. The average Bonchev–Trinajstić information content (AvgIpc) is 2.73. The van der Waals surface area contributed by atoms with E-state index < -0.39 is 0 Å². The number of nitrogens with two attached hydrogens (primary N) is 1. The standard InChI is InChI=1S/C13H18ClN3/c14-11-7-10(15)8-16-13(11)17-6-5-9-3-1-2-4-12(9)17/h7-9,12H,1-6,15H2. The first-order valence-electron chi connectivity index (χ1n) is 6.43. The SMILES string of the molecule is Nc1cnc(N2CCC3CCCCC32)c(Cl)c1. The Hall–Kier alpha value is -0.960. The van der Waals surface area contributed by atoms with Crippen LogP contribution in [0.4, 0.5) is 11.5 Å². The second kappa shape index (κ2) is 4.37. The fraction of sp³-hybridized carbons (Fsp3) is 0.615. The van der Waals surface area contributed by atoms with Crippen LogP contribution >= 0.6 is 11.6 Å². The highest BCUT2D eigenvalue weighted by Gasteiger charge is 2.36. The number of nitrogen functional groups attached to an aromatic ring is 1. The van der Waals surface area contributed by atoms with Gasteiger partial charge < -0.3 is 10.6 Å². The topological polar surface area (TPSA) is 42.1 Å². The molecule has 0 bridgehead atoms. The summed E-state index contributed by atoms with van der Waals surface area (Å²) in [5, 5.41) is 0.691. The summed E-state index contributed by atoms with van der Waals surface area (Å²) in [5.74, 6) is 1.77. The normalized spacial score (nSPS) is 28.2. The molecule has 1 aliphatic carbocycles. The van der Waals surface area contributed by atoms with Crippen molar-refractivity contribution in [1.29, 1.82) is 0 Å². The minimum atomic E-state index is 0.637. The maximum atomic E-state index is 6.26. The third-order valence-corrected chi connectivity index (χ3v) is 4.40. The number of hydrogen-bond acceptors (Lipinski definition) is 3. The average molecular weight is 252 g/mol. The van der Waals surface area contributed by atoms with Gasteiger partial charge in [-0.3, -0.25) is 0 Å². The molecule has 0 spiro atoms. The van der Waals surface area contributed by atoms with Gasteiger partial charge in [0.05, 0.1) is 16.9 Å². The Kier molecular flexibility index (Phi) is 2.87. The maximum Gasteiger partial charge on any atom is 0.147 e. The molecule has 3 nitrogen and oxygen atoms in total. The van der Waals surface area contributed by atoms with Gasteiger partial charge in [-0.15, -0.1) is 0 Å². The fourth-order valence-corrected chi connectivity index (χ4v) is 3.61. The van der Waals surface area contributed by atoms with Crippen molar-refractivity contribution in [1.82, 2.24) is 4.98 Å². The van der Waals surface area contributed by atoms with Gasteiger partial charge in [0.15, 0.2) is 0 Å². The van der Waals surface area contributed by atoms with Gasteiger partial charge in [-0.1, -0.05) is 24.4 Å². The highest BCUT2D eigenvalue weighted by Crippen LogP contribution is 2.40. The molecule has 0 radical (unpaired) electrons. The summed E-state index contributed by atoms with van der Waals surface area (Å²) in [5.41, 5.74) is 6.33. The van der Waals surface area contributed by atoms with Crippen molar-refractivity contribution in [2.24, 2.45) is 5.92 Å². The van der Waals surface area contributed by atoms with Crippen LogP contribution in [-0.2, 0) is 0 Å². The van der Waals surface area contributed by atoms with Gasteiger partial charge in [0, 0.05) is 12.6 Å². The molecule has 2 atom stereocenters. The first-order valence-corrected chi connectivity index (χ1v) is 6.81. The van der Waals surface area contributed by atoms with E-state index in [9.17, 15) is 0 Å². The molecule has 2 N–H and O–H groups in total. The first-order chi connectivity index (χ1) is 8.25. The van der Waals surface area contributed by atoms with E-state index in [4.69, 9.17) is 17.3 Å². The zero-order valence-corrected chi connectivity index (χ0v) is 10.7. The Bertz CT molecular complexity index is 421. The molecule has 1 saturated heterocycles. The predicted octanol–water partition coefficient (Wildman–Crippen LogP) is 3.09. The van der Waals surface area contributed by atoms with Gasteiger partial charge in [-0.25, -0.2) is 4.98 Å². The lowest BCUT2D eigenvalue weighted by atomic mass is 9.85. The summed E-state index contributed by atoms with van der Waals surface area (Å²) < 4.78 is 0. The van der Waals surface area contributed by atoms with E-state index in [-0.39, 0.29) is 0 Å². The Morgan fingerprint density at radius 3 is 2.94 bits per heavy atom. The van der Waals surface area contributed by atoms with Gasteiger partial charge in [0.1, 0.15) is 5.82 Å². The molecular formula is C13H18ClN3. The molecule has 3 rings (SSSR count). The van der Waals surface area contributed by atoms with Crippen LogP contribution in [0.5, 0.6) is 0 Å². The third-order valence-electron chi connectivity index (χ3n) is 4.13. The molecule has 2 aliphatic rings. The largest absolute Gasteiger partial charge is 0.397 e. The first kappa shape index (κ1) is 11.1. The van der Waals surface area contributed by atoms with Crippen LogP contribution in [0.15, 0.2) is 12.3 Å². The van der Waals surface area contributed by atoms with Crippen molar-refractivity contribution < 1.29 is 0 Å². The number of hydrogen-bond donors (Lipinski definition) is 1. The Labute approximate surface area is 107 Å². The minimum Gasteiger partial charge on any atom is -0.397 e. The smallest absolute Gasteiger partial charge is 0.147 e. The van der Waals surface area contributed by atoms with Crippen molar-refractivity contribution in [2.45, 2.75) is 38.1 Å². The number of anilines is 2. The summed E-state index contributed by atoms with van der Waals surface area (Å²) in [4.78, 5) is 6.81. The molecule has 1 aromatic rings. The van der Waals surface area contributed by atoms with Crippen LogP contribution in [0, 0.1) is 5.92 Å². The van der Waals surface area contributed by atoms with Gasteiger partial charge >= 0.3 is 0 Å². The van der Waals surface area contributed by atoms with E-state index in [1.54, 1.807) is 12.3 Å². The molecule has 0 aromatic carbocycles. The Morgan fingerprint density at radius 2 is 2.12 bits per heavy atom. The van der Waals surface area contributed by atoms with Gasteiger partial charge in [0.25, 0.3) is 0 Å². The van der Waals surface area contributed by atoms with Crippen molar-refractivity contribution in [3.05, 3.63) is 17.3 Å². The van der Waals surface area contributed by atoms with Crippen molar-refractivity contribution in [3.63, 3.8) is 0 Å². The van der Waals surface area contributed by atoms with Crippen LogP contribution in [0.1, 0.15) is 32.1 Å². The number of aromatic nitrogens is 1. The molecule has 1 aromatic heterocycles. The maximum absolute atomic E-state index is 6.26. The predicted molar refractivity (Wildman–Crippen MR) is 71.4 cm³/mol. The van der Waals surface area contributed by atoms with E-state index in [2.05, 4.69) is 9.88 Å². The molecule has 2 fully saturated rings. The summed E-state index contributed by atoms with van der Waals surface area (Å²) in [6.07, 6.45) is 8.37. The van der Waals surface area contributed by atoms with Crippen LogP contribution in [0.25, 0.3) is 0 Å². The van der Waals surface area contributed by atoms with Crippen molar-refractivity contribution in [3.8, 4) is 0 Å². The van der Waals surface area contributed by atoms with E-state index in [0.717, 1.165) is 18.3 Å². The summed E-state index contributed by atoms with van der Waals surface area (Å²) >= 11 is 6.26. The van der Waals surface area contributed by atoms with Crippen LogP contribution < -0.4 is 10.6 Å². The van der Waals surface area contributed by atoms with Gasteiger partial charge in [0.2, 0.25) is 0 Å². The molecule has 1 saturated carbocycles. The minimum absolute atomic E-state index is 0.637. The van der Waals surface area contributed by atoms with Gasteiger partial charge in [-0.2, -0.15) is 0 Å². The summed E-state index contributed by atoms with van der Waals surface area (Å²) in [6, 6.07) is 2.46.